The van der Waals surface area contributed by atoms with Crippen LogP contribution in [0.5, 0.6) is 0 Å². The molecule has 7 nitrogen and oxygen atoms in total. The zero-order valence-electron chi connectivity index (χ0n) is 8.22. The Morgan fingerprint density at radius 1 is 1.25 bits per heavy atom. The maximum absolute atomic E-state index is 8.44. The summed E-state index contributed by atoms with van der Waals surface area (Å²) in [7, 11) is 0. The second-order valence-corrected chi connectivity index (χ2v) is 0.836. The summed E-state index contributed by atoms with van der Waals surface area (Å²) in [6, 6.07) is 0. The van der Waals surface area contributed by atoms with Gasteiger partial charge in [-0.1, -0.05) is 0 Å². The maximum atomic E-state index is 8.44. The van der Waals surface area contributed by atoms with Crippen LogP contribution in [0.4, 0.5) is 0 Å². The topological polar surface area (TPSA) is 129 Å². The molecule has 0 aliphatic carbocycles. The fourth-order valence-corrected chi connectivity index (χ4v) is 0. The molecule has 0 heterocycles. The van der Waals surface area contributed by atoms with Crippen LogP contribution in [-0.4, -0.2) is 86.9 Å². The quantitative estimate of drug-likeness (QED) is 0.191. The van der Waals surface area contributed by atoms with Crippen LogP contribution in [0.25, 0.3) is 0 Å². The zero-order valence-corrected chi connectivity index (χ0v) is 14.9. The van der Waals surface area contributed by atoms with E-state index in [0.717, 1.165) is 0 Å². The molecule has 12 heavy (non-hydrogen) atoms. The van der Waals surface area contributed by atoms with Crippen molar-refractivity contribution < 1.29 is 50.8 Å². The van der Waals surface area contributed by atoms with Crippen molar-refractivity contribution in [1.82, 2.24) is 0 Å². The van der Waals surface area contributed by atoms with Gasteiger partial charge in [0.15, 0.2) is 0 Å². The van der Waals surface area contributed by atoms with E-state index in [1.54, 1.807) is 0 Å². The first-order valence-corrected chi connectivity index (χ1v) is 2.05. The van der Waals surface area contributed by atoms with Gasteiger partial charge in [0.1, 0.15) is 0 Å². The summed E-state index contributed by atoms with van der Waals surface area (Å²) in [4.78, 5) is 8.25. The van der Waals surface area contributed by atoms with E-state index in [0.29, 0.717) is 0 Å². The Labute approximate surface area is 156 Å². The molecule has 0 amide bonds. The monoisotopic (exact) mass is 313 g/mol. The fourth-order valence-electron chi connectivity index (χ4n) is 0. The second-order valence-electron chi connectivity index (χ2n) is 0.428. The molecule has 0 saturated heterocycles. The first kappa shape index (κ1) is 36.4. The van der Waals surface area contributed by atoms with Gasteiger partial charge < -0.3 is 27.3 Å². The molecule has 0 fully saturated rings. The van der Waals surface area contributed by atoms with Gasteiger partial charge in [-0.15, -0.1) is 11.4 Å². The minimum absolute atomic E-state index is 0. The average Bonchev–Trinajstić information content (AvgIpc) is 1.25. The molecule has 0 saturated carbocycles. The van der Waals surface area contributed by atoms with E-state index in [-0.39, 0.29) is 114 Å². The minimum atomic E-state index is -3.11. The number of hydrogen-bond acceptors (Lipinski definition) is 6. The third-order valence-corrected chi connectivity index (χ3v) is 0. The molecular weight excluding hydrogens is 309 g/mol. The van der Waals surface area contributed by atoms with Gasteiger partial charge in [0, 0.05) is 0 Å². The van der Waals surface area contributed by atoms with Gasteiger partial charge in [-0.2, -0.15) is 13.5 Å². The van der Waals surface area contributed by atoms with E-state index in [4.69, 9.17) is 28.6 Å². The molecular formula is H4MgNNaO6S2Sr. The molecule has 0 aromatic carbocycles. The van der Waals surface area contributed by atoms with E-state index in [2.05, 4.69) is 0 Å². The van der Waals surface area contributed by atoms with Crippen molar-refractivity contribution in [1.29, 1.82) is 0 Å². The molecule has 0 aliphatic heterocycles. The molecule has 0 spiro atoms. The standard InChI is InChI=1S/Mg.NO3.Na.H2O3S.H2S.Sr.2H/c;2-1(3)4;;1-4(2)3;;;;/h;;;(H2,1,2,3);1H2;;;/q+2;-1;+1;;;+2;2*-1/p-2. The zero-order chi connectivity index (χ0) is 7.15. The Balaban J connectivity index is -0.00000000600. The third-order valence-electron chi connectivity index (χ3n) is 0. The molecule has 0 rings (SSSR count). The summed E-state index contributed by atoms with van der Waals surface area (Å²) in [6.45, 7) is 0. The largest absolute Gasteiger partial charge is 2.00 e. The summed E-state index contributed by atoms with van der Waals surface area (Å²) in [5.74, 6) is 0. The Hall–Kier alpha value is 2.87. The van der Waals surface area contributed by atoms with Crippen molar-refractivity contribution in [2.24, 2.45) is 0 Å². The summed E-state index contributed by atoms with van der Waals surface area (Å²) in [6.07, 6.45) is 0. The van der Waals surface area contributed by atoms with Gasteiger partial charge in [0.25, 0.3) is 0 Å². The third kappa shape index (κ3) is 220. The van der Waals surface area contributed by atoms with Gasteiger partial charge in [-0.25, -0.2) is 0 Å². The fraction of sp³-hybridized carbons (Fsp3) is 0. The van der Waals surface area contributed by atoms with Gasteiger partial charge in [-0.05, 0) is 0 Å². The Morgan fingerprint density at radius 2 is 1.25 bits per heavy atom. The molecule has 0 atom stereocenters. The van der Waals surface area contributed by atoms with Crippen molar-refractivity contribution in [2.75, 3.05) is 0 Å². The minimum Gasteiger partial charge on any atom is -1.00 e. The Bertz CT molecular complexity index is 91.8. The van der Waals surface area contributed by atoms with Crippen molar-refractivity contribution in [3.05, 3.63) is 15.3 Å². The molecule has 0 aromatic heterocycles. The maximum Gasteiger partial charge on any atom is 2.00 e. The van der Waals surface area contributed by atoms with Crippen LogP contribution in [0, 0.1) is 15.3 Å². The van der Waals surface area contributed by atoms with Gasteiger partial charge in [0.2, 0.25) is 0 Å². The second kappa shape index (κ2) is 29.2. The van der Waals surface area contributed by atoms with Crippen LogP contribution in [0.1, 0.15) is 2.85 Å². The number of hydrogen-bond donors (Lipinski definition) is 0. The summed E-state index contributed by atoms with van der Waals surface area (Å²) in [5.41, 5.74) is 0. The van der Waals surface area contributed by atoms with Gasteiger partial charge in [0.05, 0.1) is 5.09 Å². The van der Waals surface area contributed by atoms with Crippen LogP contribution in [0.3, 0.4) is 0 Å². The van der Waals surface area contributed by atoms with Gasteiger partial charge >= 0.3 is 98.1 Å². The molecule has 0 bridgehead atoms. The van der Waals surface area contributed by atoms with Crippen LogP contribution in [0.15, 0.2) is 0 Å². The average molecular weight is 313 g/mol. The first-order valence-electron chi connectivity index (χ1n) is 1.05. The van der Waals surface area contributed by atoms with E-state index in [1.807, 2.05) is 0 Å². The first-order chi connectivity index (χ1) is 3.46. The van der Waals surface area contributed by atoms with Crippen LogP contribution in [0.2, 0.25) is 0 Å². The molecule has 0 aliphatic rings. The SMILES string of the molecule is O=S([O-])[O-].O=[N+]([O-])[O-].S.[H-].[H-].[Mg+2].[Na+].[Sr+2]. The Kier molecular flexibility index (Phi) is 88.5. The number of nitrogens with zero attached hydrogens (tertiary/aromatic N) is 1. The van der Waals surface area contributed by atoms with Crippen molar-refractivity contribution in [3.8, 4) is 0 Å². The Morgan fingerprint density at radius 3 is 1.25 bits per heavy atom. The summed E-state index contributed by atoms with van der Waals surface area (Å²) < 4.78 is 25.3. The van der Waals surface area contributed by atoms with E-state index >= 15 is 0 Å². The predicted octanol–water partition coefficient (Wildman–Crippen LogP) is -4.66. The van der Waals surface area contributed by atoms with Gasteiger partial charge in [-0.3, -0.25) is 4.21 Å². The molecule has 12 heteroatoms. The van der Waals surface area contributed by atoms with Crippen LogP contribution >= 0.6 is 13.5 Å². The van der Waals surface area contributed by atoms with E-state index in [1.165, 1.54) is 0 Å². The van der Waals surface area contributed by atoms with E-state index < -0.39 is 16.4 Å². The van der Waals surface area contributed by atoms with Crippen molar-refractivity contribution in [2.45, 2.75) is 0 Å². The van der Waals surface area contributed by atoms with Crippen LogP contribution < -0.4 is 29.6 Å². The molecule has 0 radical (unpaired) electrons. The summed E-state index contributed by atoms with van der Waals surface area (Å²) >= 11 is -3.11. The molecule has 0 N–H and O–H groups in total. The molecule has 0 unspecified atom stereocenters. The van der Waals surface area contributed by atoms with Crippen molar-refractivity contribution >= 4 is 93.4 Å². The predicted molar refractivity (Wildman–Crippen MR) is 44.2 cm³/mol. The smallest absolute Gasteiger partial charge is 1.00 e. The van der Waals surface area contributed by atoms with Crippen molar-refractivity contribution in [3.63, 3.8) is 0 Å². The molecule has 0 aromatic rings. The normalized spacial score (nSPS) is 4.92. The van der Waals surface area contributed by atoms with E-state index in [9.17, 15) is 0 Å². The summed E-state index contributed by atoms with van der Waals surface area (Å²) in [5, 5.41) is 14.8. The molecule has 62 valence electrons. The number of rotatable bonds is 0. The van der Waals surface area contributed by atoms with Crippen LogP contribution in [-0.2, 0) is 11.4 Å².